The third-order valence-corrected chi connectivity index (χ3v) is 3.05. The highest BCUT2D eigenvalue weighted by Crippen LogP contribution is 2.25. The fourth-order valence-electron chi connectivity index (χ4n) is 2.11. The number of rotatable bonds is 5. The smallest absolute Gasteiger partial charge is 0.217 e. The Balaban J connectivity index is 2.25. The number of pyridine rings is 1. The number of halogens is 1. The number of methoxy groups -OCH3 is 1. The quantitative estimate of drug-likeness (QED) is 0.897. The molecule has 4 heteroatoms. The molecular formula is C15H17FN2O. The number of nitrogens with one attached hydrogen (secondary N) is 1. The third-order valence-electron chi connectivity index (χ3n) is 3.05. The van der Waals surface area contributed by atoms with E-state index in [2.05, 4.69) is 10.3 Å². The maximum atomic E-state index is 13.2. The molecule has 1 atom stereocenters. The highest BCUT2D eigenvalue weighted by molar-refractivity contribution is 5.31. The lowest BCUT2D eigenvalue weighted by Gasteiger charge is -2.18. The second kappa shape index (κ2) is 6.29. The summed E-state index contributed by atoms with van der Waals surface area (Å²) >= 11 is 0. The lowest BCUT2D eigenvalue weighted by molar-refractivity contribution is 0.384. The van der Waals surface area contributed by atoms with Crippen molar-refractivity contribution in [1.82, 2.24) is 10.3 Å². The van der Waals surface area contributed by atoms with E-state index in [0.717, 1.165) is 11.1 Å². The molecule has 0 aliphatic carbocycles. The van der Waals surface area contributed by atoms with Crippen LogP contribution in [0.2, 0.25) is 0 Å². The first-order chi connectivity index (χ1) is 9.24. The standard InChI is InChI=1S/C15H17FN2O/c1-17-14(10-11-5-3-6-12(16)9-11)13-7-4-8-18-15(13)19-2/h3-9,14,17H,10H2,1-2H3. The van der Waals surface area contributed by atoms with Gasteiger partial charge < -0.3 is 10.1 Å². The Bertz CT molecular complexity index is 545. The summed E-state index contributed by atoms with van der Waals surface area (Å²) in [5, 5.41) is 3.22. The zero-order valence-corrected chi connectivity index (χ0v) is 11.1. The van der Waals surface area contributed by atoms with E-state index < -0.39 is 0 Å². The van der Waals surface area contributed by atoms with Crippen LogP contribution in [0, 0.1) is 5.82 Å². The van der Waals surface area contributed by atoms with Crippen LogP contribution in [-0.2, 0) is 6.42 Å². The highest BCUT2D eigenvalue weighted by atomic mass is 19.1. The van der Waals surface area contributed by atoms with E-state index in [9.17, 15) is 4.39 Å². The van der Waals surface area contributed by atoms with Crippen LogP contribution in [0.25, 0.3) is 0 Å². The van der Waals surface area contributed by atoms with Gasteiger partial charge in [-0.25, -0.2) is 9.37 Å². The van der Waals surface area contributed by atoms with Gasteiger partial charge in [-0.05, 0) is 37.2 Å². The summed E-state index contributed by atoms with van der Waals surface area (Å²) in [6, 6.07) is 10.5. The monoisotopic (exact) mass is 260 g/mol. The largest absolute Gasteiger partial charge is 0.481 e. The molecule has 19 heavy (non-hydrogen) atoms. The Kier molecular flexibility index (Phi) is 4.47. The van der Waals surface area contributed by atoms with E-state index in [-0.39, 0.29) is 11.9 Å². The minimum Gasteiger partial charge on any atom is -0.481 e. The first-order valence-corrected chi connectivity index (χ1v) is 6.15. The van der Waals surface area contributed by atoms with Gasteiger partial charge in [-0.2, -0.15) is 0 Å². The number of aromatic nitrogens is 1. The molecule has 0 radical (unpaired) electrons. The number of nitrogens with zero attached hydrogens (tertiary/aromatic N) is 1. The summed E-state index contributed by atoms with van der Waals surface area (Å²) in [6.45, 7) is 0. The van der Waals surface area contributed by atoms with Crippen molar-refractivity contribution >= 4 is 0 Å². The van der Waals surface area contributed by atoms with Crippen LogP contribution >= 0.6 is 0 Å². The van der Waals surface area contributed by atoms with Gasteiger partial charge in [0.05, 0.1) is 7.11 Å². The Labute approximate surface area is 112 Å². The van der Waals surface area contributed by atoms with Crippen LogP contribution in [0.5, 0.6) is 5.88 Å². The third kappa shape index (κ3) is 3.29. The zero-order valence-electron chi connectivity index (χ0n) is 11.1. The Hall–Kier alpha value is -1.94. The maximum absolute atomic E-state index is 13.2. The normalized spacial score (nSPS) is 12.2. The van der Waals surface area contributed by atoms with Crippen molar-refractivity contribution in [2.75, 3.05) is 14.2 Å². The maximum Gasteiger partial charge on any atom is 0.217 e. The van der Waals surface area contributed by atoms with Gasteiger partial charge in [0.15, 0.2) is 0 Å². The van der Waals surface area contributed by atoms with Gasteiger partial charge in [-0.3, -0.25) is 0 Å². The summed E-state index contributed by atoms with van der Waals surface area (Å²) in [4.78, 5) is 4.19. The molecule has 100 valence electrons. The van der Waals surface area contributed by atoms with Crippen molar-refractivity contribution in [2.24, 2.45) is 0 Å². The summed E-state index contributed by atoms with van der Waals surface area (Å²) in [5.41, 5.74) is 1.90. The summed E-state index contributed by atoms with van der Waals surface area (Å²) in [5.74, 6) is 0.378. The molecule has 1 heterocycles. The molecule has 0 spiro atoms. The predicted octanol–water partition coefficient (Wildman–Crippen LogP) is 2.73. The number of benzene rings is 1. The van der Waals surface area contributed by atoms with Crippen LogP contribution < -0.4 is 10.1 Å². The highest BCUT2D eigenvalue weighted by Gasteiger charge is 2.15. The van der Waals surface area contributed by atoms with E-state index >= 15 is 0 Å². The van der Waals surface area contributed by atoms with Crippen LogP contribution in [0.4, 0.5) is 4.39 Å². The molecule has 1 unspecified atom stereocenters. The summed E-state index contributed by atoms with van der Waals surface area (Å²) in [6.07, 6.45) is 2.37. The molecule has 1 aromatic heterocycles. The van der Waals surface area contributed by atoms with Gasteiger partial charge in [0, 0.05) is 17.8 Å². The van der Waals surface area contributed by atoms with Crippen LogP contribution in [0.1, 0.15) is 17.2 Å². The fraction of sp³-hybridized carbons (Fsp3) is 0.267. The molecule has 3 nitrogen and oxygen atoms in total. The van der Waals surface area contributed by atoms with Crippen LogP contribution in [0.15, 0.2) is 42.6 Å². The molecular weight excluding hydrogens is 243 g/mol. The molecule has 0 aliphatic heterocycles. The van der Waals surface area contributed by atoms with Crippen molar-refractivity contribution in [3.63, 3.8) is 0 Å². The van der Waals surface area contributed by atoms with Gasteiger partial charge in [0.2, 0.25) is 5.88 Å². The van der Waals surface area contributed by atoms with Crippen molar-refractivity contribution in [3.05, 3.63) is 59.5 Å². The minimum atomic E-state index is -0.217. The van der Waals surface area contributed by atoms with Crippen molar-refractivity contribution in [2.45, 2.75) is 12.5 Å². The molecule has 1 N–H and O–H groups in total. The van der Waals surface area contributed by atoms with Gasteiger partial charge in [0.25, 0.3) is 0 Å². The van der Waals surface area contributed by atoms with Crippen molar-refractivity contribution in [1.29, 1.82) is 0 Å². The second-order valence-electron chi connectivity index (χ2n) is 4.28. The molecule has 0 saturated carbocycles. The average Bonchev–Trinajstić information content (AvgIpc) is 2.45. The van der Waals surface area contributed by atoms with Gasteiger partial charge in [-0.15, -0.1) is 0 Å². The number of hydrogen-bond acceptors (Lipinski definition) is 3. The van der Waals surface area contributed by atoms with E-state index in [1.807, 2.05) is 25.2 Å². The zero-order chi connectivity index (χ0) is 13.7. The first-order valence-electron chi connectivity index (χ1n) is 6.15. The molecule has 1 aromatic carbocycles. The molecule has 0 saturated heterocycles. The van der Waals surface area contributed by atoms with Gasteiger partial charge in [0.1, 0.15) is 5.82 Å². The second-order valence-corrected chi connectivity index (χ2v) is 4.28. The van der Waals surface area contributed by atoms with Gasteiger partial charge >= 0.3 is 0 Å². The van der Waals surface area contributed by atoms with E-state index in [0.29, 0.717) is 12.3 Å². The van der Waals surface area contributed by atoms with Crippen molar-refractivity contribution < 1.29 is 9.13 Å². The summed E-state index contributed by atoms with van der Waals surface area (Å²) < 4.78 is 18.5. The molecule has 2 rings (SSSR count). The topological polar surface area (TPSA) is 34.2 Å². The van der Waals surface area contributed by atoms with Gasteiger partial charge in [-0.1, -0.05) is 18.2 Å². The number of likely N-dealkylation sites (N-methyl/N-ethyl adjacent to an activating group) is 1. The van der Waals surface area contributed by atoms with Crippen LogP contribution in [0.3, 0.4) is 0 Å². The fourth-order valence-corrected chi connectivity index (χ4v) is 2.11. The van der Waals surface area contributed by atoms with Crippen LogP contribution in [-0.4, -0.2) is 19.1 Å². The molecule has 0 fully saturated rings. The Morgan fingerprint density at radius 1 is 1.32 bits per heavy atom. The number of ether oxygens (including phenoxy) is 1. The lowest BCUT2D eigenvalue weighted by Crippen LogP contribution is -2.20. The minimum absolute atomic E-state index is 0.0328. The first kappa shape index (κ1) is 13.5. The molecule has 0 bridgehead atoms. The average molecular weight is 260 g/mol. The molecule has 0 amide bonds. The SMILES string of the molecule is CNC(Cc1cccc(F)c1)c1cccnc1OC. The van der Waals surface area contributed by atoms with E-state index in [1.54, 1.807) is 25.4 Å². The molecule has 0 aliphatic rings. The lowest BCUT2D eigenvalue weighted by atomic mass is 10.00. The van der Waals surface area contributed by atoms with E-state index in [4.69, 9.17) is 4.74 Å². The Morgan fingerprint density at radius 3 is 2.84 bits per heavy atom. The summed E-state index contributed by atoms with van der Waals surface area (Å²) in [7, 11) is 3.47. The van der Waals surface area contributed by atoms with Crippen molar-refractivity contribution in [3.8, 4) is 5.88 Å². The Morgan fingerprint density at radius 2 is 2.16 bits per heavy atom. The number of hydrogen-bond donors (Lipinski definition) is 1. The predicted molar refractivity (Wildman–Crippen MR) is 72.7 cm³/mol. The molecule has 2 aromatic rings. The van der Waals surface area contributed by atoms with E-state index in [1.165, 1.54) is 6.07 Å².